The SMILES string of the molecule is CCOCCOC(CNC(C)C)c1cccc(Br)c1. The second-order valence-electron chi connectivity index (χ2n) is 4.67. The lowest BCUT2D eigenvalue weighted by Gasteiger charge is -2.20. The molecule has 1 rings (SSSR count). The van der Waals surface area contributed by atoms with E-state index in [1.54, 1.807) is 0 Å². The van der Waals surface area contributed by atoms with Gasteiger partial charge in [0.2, 0.25) is 0 Å². The van der Waals surface area contributed by atoms with Crippen LogP contribution >= 0.6 is 15.9 Å². The highest BCUT2D eigenvalue weighted by Gasteiger charge is 2.12. The zero-order chi connectivity index (χ0) is 14.1. The van der Waals surface area contributed by atoms with Crippen LogP contribution in [0.5, 0.6) is 0 Å². The molecule has 0 heterocycles. The first-order chi connectivity index (χ1) is 9.13. The largest absolute Gasteiger partial charge is 0.379 e. The molecule has 0 aliphatic heterocycles. The maximum Gasteiger partial charge on any atom is 0.0950 e. The number of rotatable bonds is 9. The molecule has 4 heteroatoms. The number of benzene rings is 1. The fourth-order valence-electron chi connectivity index (χ4n) is 1.72. The Morgan fingerprint density at radius 2 is 2.05 bits per heavy atom. The molecule has 0 aliphatic carbocycles. The van der Waals surface area contributed by atoms with Gasteiger partial charge in [0.05, 0.1) is 19.3 Å². The Hall–Kier alpha value is -0.420. The van der Waals surface area contributed by atoms with Gasteiger partial charge in [-0.2, -0.15) is 0 Å². The van der Waals surface area contributed by atoms with Gasteiger partial charge in [-0.1, -0.05) is 41.9 Å². The van der Waals surface area contributed by atoms with Crippen molar-refractivity contribution in [1.29, 1.82) is 0 Å². The highest BCUT2D eigenvalue weighted by atomic mass is 79.9. The first kappa shape index (κ1) is 16.6. The summed E-state index contributed by atoms with van der Waals surface area (Å²) in [5, 5.41) is 3.42. The van der Waals surface area contributed by atoms with Crippen LogP contribution in [-0.4, -0.2) is 32.4 Å². The molecular formula is C15H24BrNO2. The smallest absolute Gasteiger partial charge is 0.0950 e. The molecular weight excluding hydrogens is 306 g/mol. The average Bonchev–Trinajstić information content (AvgIpc) is 2.37. The van der Waals surface area contributed by atoms with Gasteiger partial charge in [0, 0.05) is 23.7 Å². The van der Waals surface area contributed by atoms with Gasteiger partial charge < -0.3 is 14.8 Å². The molecule has 0 radical (unpaired) electrons. The van der Waals surface area contributed by atoms with Gasteiger partial charge in [-0.3, -0.25) is 0 Å². The van der Waals surface area contributed by atoms with Crippen LogP contribution in [0.25, 0.3) is 0 Å². The zero-order valence-electron chi connectivity index (χ0n) is 12.0. The molecule has 0 fully saturated rings. The van der Waals surface area contributed by atoms with Crippen LogP contribution in [0.2, 0.25) is 0 Å². The number of hydrogen-bond acceptors (Lipinski definition) is 3. The topological polar surface area (TPSA) is 30.5 Å². The zero-order valence-corrected chi connectivity index (χ0v) is 13.6. The van der Waals surface area contributed by atoms with E-state index in [-0.39, 0.29) is 6.10 Å². The van der Waals surface area contributed by atoms with E-state index in [9.17, 15) is 0 Å². The average molecular weight is 330 g/mol. The van der Waals surface area contributed by atoms with Gasteiger partial charge in [-0.25, -0.2) is 0 Å². The van der Waals surface area contributed by atoms with E-state index in [1.165, 1.54) is 5.56 Å². The Balaban J connectivity index is 2.57. The Labute approximate surface area is 124 Å². The van der Waals surface area contributed by atoms with Crippen LogP contribution in [0.3, 0.4) is 0 Å². The maximum absolute atomic E-state index is 5.93. The third-order valence-corrected chi connectivity index (χ3v) is 3.18. The quantitative estimate of drug-likeness (QED) is 0.703. The lowest BCUT2D eigenvalue weighted by molar-refractivity contribution is 0.00615. The van der Waals surface area contributed by atoms with Crippen molar-refractivity contribution >= 4 is 15.9 Å². The summed E-state index contributed by atoms with van der Waals surface area (Å²) in [6.07, 6.45) is 0.0559. The summed E-state index contributed by atoms with van der Waals surface area (Å²) >= 11 is 3.50. The van der Waals surface area contributed by atoms with Gasteiger partial charge in [0.15, 0.2) is 0 Å². The normalized spacial score (nSPS) is 12.9. The molecule has 0 aliphatic rings. The molecule has 1 N–H and O–H groups in total. The van der Waals surface area contributed by atoms with Crippen molar-refractivity contribution in [2.75, 3.05) is 26.4 Å². The highest BCUT2D eigenvalue weighted by molar-refractivity contribution is 9.10. The predicted molar refractivity (Wildman–Crippen MR) is 82.5 cm³/mol. The van der Waals surface area contributed by atoms with Crippen LogP contribution < -0.4 is 5.32 Å². The number of nitrogens with one attached hydrogen (secondary N) is 1. The van der Waals surface area contributed by atoms with Crippen molar-refractivity contribution in [3.63, 3.8) is 0 Å². The minimum absolute atomic E-state index is 0.0559. The van der Waals surface area contributed by atoms with Crippen molar-refractivity contribution in [1.82, 2.24) is 5.32 Å². The van der Waals surface area contributed by atoms with E-state index < -0.39 is 0 Å². The molecule has 1 unspecified atom stereocenters. The number of halogens is 1. The van der Waals surface area contributed by atoms with Crippen molar-refractivity contribution in [3.8, 4) is 0 Å². The van der Waals surface area contributed by atoms with Crippen molar-refractivity contribution in [3.05, 3.63) is 34.3 Å². The van der Waals surface area contributed by atoms with Crippen LogP contribution in [-0.2, 0) is 9.47 Å². The summed E-state index contributed by atoms with van der Waals surface area (Å²) in [5.74, 6) is 0. The molecule has 1 aromatic rings. The molecule has 1 aromatic carbocycles. The van der Waals surface area contributed by atoms with Crippen LogP contribution in [0.15, 0.2) is 28.7 Å². The van der Waals surface area contributed by atoms with Crippen molar-refractivity contribution in [2.24, 2.45) is 0 Å². The molecule has 3 nitrogen and oxygen atoms in total. The standard InChI is InChI=1S/C15H24BrNO2/c1-4-18-8-9-19-15(11-17-12(2)3)13-6-5-7-14(16)10-13/h5-7,10,12,15,17H,4,8-9,11H2,1-3H3. The van der Waals surface area contributed by atoms with Crippen molar-refractivity contribution in [2.45, 2.75) is 32.9 Å². The summed E-state index contributed by atoms with van der Waals surface area (Å²) in [7, 11) is 0. The molecule has 0 spiro atoms. The third-order valence-electron chi connectivity index (χ3n) is 2.68. The Morgan fingerprint density at radius 3 is 2.68 bits per heavy atom. The molecule has 0 aromatic heterocycles. The van der Waals surface area contributed by atoms with E-state index in [0.29, 0.717) is 19.3 Å². The Bertz CT molecular complexity index is 358. The third kappa shape index (κ3) is 7.06. The predicted octanol–water partition coefficient (Wildman–Crippen LogP) is 3.54. The molecule has 1 atom stereocenters. The van der Waals surface area contributed by atoms with E-state index in [4.69, 9.17) is 9.47 Å². The van der Waals surface area contributed by atoms with Gasteiger partial charge in [-0.15, -0.1) is 0 Å². The van der Waals surface area contributed by atoms with E-state index in [2.05, 4.69) is 47.2 Å². The first-order valence-corrected chi connectivity index (χ1v) is 7.61. The summed E-state index contributed by atoms with van der Waals surface area (Å²) in [6.45, 7) is 9.06. The van der Waals surface area contributed by atoms with Gasteiger partial charge in [0.25, 0.3) is 0 Å². The number of ether oxygens (including phenoxy) is 2. The first-order valence-electron chi connectivity index (χ1n) is 6.81. The molecule has 0 amide bonds. The van der Waals surface area contributed by atoms with Gasteiger partial charge >= 0.3 is 0 Å². The lowest BCUT2D eigenvalue weighted by atomic mass is 10.1. The van der Waals surface area contributed by atoms with E-state index >= 15 is 0 Å². The number of hydrogen-bond donors (Lipinski definition) is 1. The van der Waals surface area contributed by atoms with Gasteiger partial charge in [-0.05, 0) is 24.6 Å². The fraction of sp³-hybridized carbons (Fsp3) is 0.600. The molecule has 19 heavy (non-hydrogen) atoms. The second kappa shape index (κ2) is 9.48. The monoisotopic (exact) mass is 329 g/mol. The summed E-state index contributed by atoms with van der Waals surface area (Å²) in [4.78, 5) is 0. The summed E-state index contributed by atoms with van der Waals surface area (Å²) in [6, 6.07) is 8.71. The van der Waals surface area contributed by atoms with E-state index in [0.717, 1.165) is 17.6 Å². The lowest BCUT2D eigenvalue weighted by Crippen LogP contribution is -2.29. The minimum Gasteiger partial charge on any atom is -0.379 e. The molecule has 108 valence electrons. The minimum atomic E-state index is 0.0559. The Kier molecular flexibility index (Phi) is 8.30. The van der Waals surface area contributed by atoms with Crippen LogP contribution in [0.1, 0.15) is 32.4 Å². The molecule has 0 bridgehead atoms. The van der Waals surface area contributed by atoms with Crippen LogP contribution in [0, 0.1) is 0 Å². The summed E-state index contributed by atoms with van der Waals surface area (Å²) in [5.41, 5.74) is 1.18. The van der Waals surface area contributed by atoms with Gasteiger partial charge in [0.1, 0.15) is 0 Å². The molecule has 0 saturated carbocycles. The highest BCUT2D eigenvalue weighted by Crippen LogP contribution is 2.21. The second-order valence-corrected chi connectivity index (χ2v) is 5.59. The maximum atomic E-state index is 5.93. The fourth-order valence-corrected chi connectivity index (χ4v) is 2.13. The summed E-state index contributed by atoms with van der Waals surface area (Å²) < 4.78 is 12.3. The Morgan fingerprint density at radius 1 is 1.26 bits per heavy atom. The van der Waals surface area contributed by atoms with Crippen molar-refractivity contribution < 1.29 is 9.47 Å². The van der Waals surface area contributed by atoms with E-state index in [1.807, 2.05) is 19.1 Å². The van der Waals surface area contributed by atoms with Crippen LogP contribution in [0.4, 0.5) is 0 Å². The molecule has 0 saturated heterocycles.